The molecule has 0 aliphatic carbocycles. The van der Waals surface area contributed by atoms with E-state index in [1.165, 1.54) is 30.3 Å². The van der Waals surface area contributed by atoms with Crippen molar-refractivity contribution in [2.75, 3.05) is 12.1 Å². The molecule has 5 rings (SSSR count). The number of fused-ring (bicyclic) bond motifs is 2. The SMILES string of the molecule is O=C(Nc1ccc(O)cc1C(=O)O)c1ccc2c(c1)C(=O)N(Cc1ccc3c(c1)OCO3)C2=O. The van der Waals surface area contributed by atoms with Gasteiger partial charge in [-0.3, -0.25) is 19.3 Å². The van der Waals surface area contributed by atoms with E-state index in [9.17, 15) is 29.4 Å². The van der Waals surface area contributed by atoms with Crippen LogP contribution in [0.4, 0.5) is 5.69 Å². The van der Waals surface area contributed by atoms with E-state index in [4.69, 9.17) is 9.47 Å². The van der Waals surface area contributed by atoms with E-state index < -0.39 is 23.7 Å². The lowest BCUT2D eigenvalue weighted by Crippen LogP contribution is -2.29. The summed E-state index contributed by atoms with van der Waals surface area (Å²) in [5.41, 5.74) is 0.651. The van der Waals surface area contributed by atoms with E-state index in [1.54, 1.807) is 18.2 Å². The number of hydrogen-bond acceptors (Lipinski definition) is 7. The smallest absolute Gasteiger partial charge is 0.337 e. The summed E-state index contributed by atoms with van der Waals surface area (Å²) in [6, 6.07) is 12.7. The standard InChI is InChI=1S/C24H16N2O8/c27-14-3-5-18(17(9-14)24(31)32)25-21(28)13-2-4-15-16(8-13)23(30)26(22(15)29)10-12-1-6-19-20(7-12)34-11-33-19/h1-9,27H,10-11H2,(H,25,28)(H,31,32). The first-order valence-corrected chi connectivity index (χ1v) is 10.1. The molecule has 0 spiro atoms. The Hall–Kier alpha value is -4.86. The van der Waals surface area contributed by atoms with Gasteiger partial charge in [0.05, 0.1) is 28.9 Å². The van der Waals surface area contributed by atoms with Crippen LogP contribution in [0.1, 0.15) is 47.0 Å². The van der Waals surface area contributed by atoms with Gasteiger partial charge in [-0.05, 0) is 54.1 Å². The number of anilines is 1. The number of benzene rings is 3. The average Bonchev–Trinajstić information content (AvgIpc) is 3.38. The number of ether oxygens (including phenoxy) is 2. The van der Waals surface area contributed by atoms with Gasteiger partial charge in [-0.1, -0.05) is 6.07 Å². The summed E-state index contributed by atoms with van der Waals surface area (Å²) in [5, 5.41) is 21.3. The van der Waals surface area contributed by atoms with Crippen molar-refractivity contribution < 1.29 is 38.9 Å². The summed E-state index contributed by atoms with van der Waals surface area (Å²) >= 11 is 0. The van der Waals surface area contributed by atoms with Crippen LogP contribution in [0.5, 0.6) is 17.2 Å². The van der Waals surface area contributed by atoms with Crippen LogP contribution >= 0.6 is 0 Å². The number of phenolic OH excluding ortho intramolecular Hbond substituents is 1. The first kappa shape index (κ1) is 21.0. The molecule has 3 aromatic carbocycles. The maximum absolute atomic E-state index is 13.0. The van der Waals surface area contributed by atoms with Crippen molar-refractivity contribution in [1.82, 2.24) is 4.90 Å². The summed E-state index contributed by atoms with van der Waals surface area (Å²) in [6.07, 6.45) is 0. The lowest BCUT2D eigenvalue weighted by atomic mass is 10.0. The molecule has 0 unspecified atom stereocenters. The van der Waals surface area contributed by atoms with Crippen molar-refractivity contribution in [3.8, 4) is 17.2 Å². The van der Waals surface area contributed by atoms with Crippen molar-refractivity contribution in [2.45, 2.75) is 6.54 Å². The first-order chi connectivity index (χ1) is 16.3. The van der Waals surface area contributed by atoms with Gasteiger partial charge in [-0.2, -0.15) is 0 Å². The summed E-state index contributed by atoms with van der Waals surface area (Å²) in [4.78, 5) is 51.0. The molecule has 0 fully saturated rings. The van der Waals surface area contributed by atoms with Gasteiger partial charge in [-0.15, -0.1) is 0 Å². The largest absolute Gasteiger partial charge is 0.508 e. The molecule has 2 aliphatic heterocycles. The fourth-order valence-electron chi connectivity index (χ4n) is 3.81. The van der Waals surface area contributed by atoms with Crippen LogP contribution in [0.3, 0.4) is 0 Å². The number of aromatic hydroxyl groups is 1. The van der Waals surface area contributed by atoms with E-state index in [-0.39, 0.29) is 47.0 Å². The van der Waals surface area contributed by atoms with Gasteiger partial charge in [0.15, 0.2) is 11.5 Å². The molecule has 3 amide bonds. The zero-order valence-electron chi connectivity index (χ0n) is 17.4. The van der Waals surface area contributed by atoms with Crippen LogP contribution in [0.15, 0.2) is 54.6 Å². The molecule has 170 valence electrons. The van der Waals surface area contributed by atoms with Crippen molar-refractivity contribution in [3.63, 3.8) is 0 Å². The number of carbonyl (C=O) groups is 4. The van der Waals surface area contributed by atoms with E-state index in [2.05, 4.69) is 5.32 Å². The normalized spacial score (nSPS) is 13.7. The minimum absolute atomic E-state index is 0.0139. The zero-order valence-corrected chi connectivity index (χ0v) is 17.4. The molecule has 0 aromatic heterocycles. The van der Waals surface area contributed by atoms with Crippen LogP contribution in [-0.2, 0) is 6.54 Å². The Morgan fingerprint density at radius 2 is 1.68 bits per heavy atom. The van der Waals surface area contributed by atoms with Crippen molar-refractivity contribution >= 4 is 29.4 Å². The molecular weight excluding hydrogens is 444 g/mol. The summed E-state index contributed by atoms with van der Waals surface area (Å²) in [5.74, 6) is -2.20. The first-order valence-electron chi connectivity index (χ1n) is 10.1. The third-order valence-corrected chi connectivity index (χ3v) is 5.49. The fraction of sp³-hybridized carbons (Fsp3) is 0.0833. The van der Waals surface area contributed by atoms with Crippen LogP contribution < -0.4 is 14.8 Å². The second-order valence-electron chi connectivity index (χ2n) is 7.63. The Balaban J connectivity index is 1.38. The number of amides is 3. The van der Waals surface area contributed by atoms with Crippen molar-refractivity contribution in [3.05, 3.63) is 82.4 Å². The Morgan fingerprint density at radius 1 is 0.912 bits per heavy atom. The molecule has 0 saturated heterocycles. The molecule has 2 aliphatic rings. The molecule has 3 N–H and O–H groups in total. The monoisotopic (exact) mass is 460 g/mol. The number of nitrogens with one attached hydrogen (secondary N) is 1. The summed E-state index contributed by atoms with van der Waals surface area (Å²) in [6.45, 7) is 0.120. The van der Waals surface area contributed by atoms with Crippen molar-refractivity contribution in [2.24, 2.45) is 0 Å². The van der Waals surface area contributed by atoms with Crippen LogP contribution in [0, 0.1) is 0 Å². The van der Waals surface area contributed by atoms with Gasteiger partial charge in [0.1, 0.15) is 5.75 Å². The van der Waals surface area contributed by atoms with Gasteiger partial charge < -0.3 is 25.0 Å². The predicted molar refractivity (Wildman–Crippen MR) is 116 cm³/mol. The van der Waals surface area contributed by atoms with E-state index in [1.807, 2.05) is 0 Å². The molecule has 0 bridgehead atoms. The number of aromatic carboxylic acids is 1. The number of imide groups is 1. The van der Waals surface area contributed by atoms with Gasteiger partial charge in [0, 0.05) is 5.56 Å². The molecule has 0 radical (unpaired) electrons. The maximum atomic E-state index is 13.0. The van der Waals surface area contributed by atoms with E-state index in [0.717, 1.165) is 11.0 Å². The number of nitrogens with zero attached hydrogens (tertiary/aromatic N) is 1. The Bertz CT molecular complexity index is 1400. The highest BCUT2D eigenvalue weighted by molar-refractivity contribution is 6.22. The lowest BCUT2D eigenvalue weighted by molar-refractivity contribution is 0.0639. The summed E-state index contributed by atoms with van der Waals surface area (Å²) < 4.78 is 10.6. The second-order valence-corrected chi connectivity index (χ2v) is 7.63. The Labute approximate surface area is 191 Å². The number of carbonyl (C=O) groups excluding carboxylic acids is 3. The number of phenols is 1. The number of hydrogen-bond donors (Lipinski definition) is 3. The van der Waals surface area contributed by atoms with E-state index >= 15 is 0 Å². The molecular formula is C24H16N2O8. The predicted octanol–water partition coefficient (Wildman–Crippen LogP) is 2.87. The van der Waals surface area contributed by atoms with Gasteiger partial charge in [0.25, 0.3) is 17.7 Å². The van der Waals surface area contributed by atoms with Gasteiger partial charge >= 0.3 is 5.97 Å². The molecule has 0 atom stereocenters. The summed E-state index contributed by atoms with van der Waals surface area (Å²) in [7, 11) is 0. The number of carboxylic acid groups (broad SMARTS) is 1. The van der Waals surface area contributed by atoms with Gasteiger partial charge in [0.2, 0.25) is 6.79 Å². The minimum atomic E-state index is -1.33. The Kier molecular flexibility index (Phi) is 4.90. The highest BCUT2D eigenvalue weighted by Crippen LogP contribution is 2.34. The third kappa shape index (κ3) is 3.56. The minimum Gasteiger partial charge on any atom is -0.508 e. The molecule has 0 saturated carbocycles. The molecule has 10 heteroatoms. The van der Waals surface area contributed by atoms with Crippen LogP contribution in [0.25, 0.3) is 0 Å². The Morgan fingerprint density at radius 3 is 2.47 bits per heavy atom. The van der Waals surface area contributed by atoms with Crippen LogP contribution in [-0.4, -0.2) is 45.6 Å². The second kappa shape index (κ2) is 7.93. The highest BCUT2D eigenvalue weighted by atomic mass is 16.7. The molecule has 10 nitrogen and oxygen atoms in total. The highest BCUT2D eigenvalue weighted by Gasteiger charge is 2.36. The average molecular weight is 460 g/mol. The zero-order chi connectivity index (χ0) is 24.0. The fourth-order valence-corrected chi connectivity index (χ4v) is 3.81. The molecule has 2 heterocycles. The maximum Gasteiger partial charge on any atom is 0.337 e. The number of rotatable bonds is 5. The molecule has 34 heavy (non-hydrogen) atoms. The quantitative estimate of drug-likeness (QED) is 0.390. The van der Waals surface area contributed by atoms with Crippen molar-refractivity contribution in [1.29, 1.82) is 0 Å². The number of carboxylic acids is 1. The van der Waals surface area contributed by atoms with Crippen LogP contribution in [0.2, 0.25) is 0 Å². The third-order valence-electron chi connectivity index (χ3n) is 5.49. The van der Waals surface area contributed by atoms with Gasteiger partial charge in [-0.25, -0.2) is 4.79 Å². The van der Waals surface area contributed by atoms with E-state index in [0.29, 0.717) is 17.1 Å². The topological polar surface area (TPSA) is 142 Å². The molecule has 3 aromatic rings. The lowest BCUT2D eigenvalue weighted by Gasteiger charge is -2.14.